The zero-order valence-electron chi connectivity index (χ0n) is 20.3. The number of rotatable bonds is 15. The number of aliphatic carboxylic acids is 1. The van der Waals surface area contributed by atoms with Gasteiger partial charge in [-0.2, -0.15) is 0 Å². The first-order valence-corrected chi connectivity index (χ1v) is 11.4. The largest absolute Gasteiger partial charge is 0.480 e. The second kappa shape index (κ2) is 14.1. The van der Waals surface area contributed by atoms with Crippen molar-refractivity contribution in [3.8, 4) is 0 Å². The van der Waals surface area contributed by atoms with Gasteiger partial charge in [-0.1, -0.05) is 30.3 Å². The molecule has 0 fully saturated rings. The average molecular weight is 531 g/mol. The molecule has 4 atom stereocenters. The maximum absolute atomic E-state index is 13.1. The predicted octanol–water partition coefficient (Wildman–Crippen LogP) is -3.19. The lowest BCUT2D eigenvalue weighted by atomic mass is 10.0. The summed E-state index contributed by atoms with van der Waals surface area (Å²) >= 11 is 0. The van der Waals surface area contributed by atoms with Crippen LogP contribution in [0.2, 0.25) is 0 Å². The van der Waals surface area contributed by atoms with Gasteiger partial charge < -0.3 is 43.2 Å². The fourth-order valence-corrected chi connectivity index (χ4v) is 3.42. The molecule has 4 unspecified atom stereocenters. The van der Waals surface area contributed by atoms with Crippen LogP contribution in [0.3, 0.4) is 0 Å². The number of imidazole rings is 1. The van der Waals surface area contributed by atoms with Crippen molar-refractivity contribution in [2.24, 2.45) is 17.2 Å². The number of carbonyl (C=O) groups is 6. The quantitative estimate of drug-likeness (QED) is 0.115. The lowest BCUT2D eigenvalue weighted by Crippen LogP contribution is -2.58. The number of hydrogen-bond acceptors (Lipinski definition) is 8. The van der Waals surface area contributed by atoms with Gasteiger partial charge in [0.25, 0.3) is 0 Å². The Labute approximate surface area is 216 Å². The van der Waals surface area contributed by atoms with Crippen molar-refractivity contribution in [2.75, 3.05) is 0 Å². The molecule has 15 heteroatoms. The van der Waals surface area contributed by atoms with Gasteiger partial charge in [0.2, 0.25) is 29.5 Å². The molecule has 15 nitrogen and oxygen atoms in total. The fourth-order valence-electron chi connectivity index (χ4n) is 3.42. The van der Waals surface area contributed by atoms with Crippen molar-refractivity contribution in [3.63, 3.8) is 0 Å². The van der Waals surface area contributed by atoms with Gasteiger partial charge in [0, 0.05) is 24.7 Å². The SMILES string of the molecule is NC(=O)CC(N)C(=O)NC(CC(N)=O)C(=O)NC(Cc1cnc[nH]1)C(=O)NC(Cc1ccccc1)C(=O)O. The summed E-state index contributed by atoms with van der Waals surface area (Å²) in [5.41, 5.74) is 16.9. The molecule has 0 radical (unpaired) electrons. The second-order valence-electron chi connectivity index (χ2n) is 8.44. The average Bonchev–Trinajstić information content (AvgIpc) is 3.35. The van der Waals surface area contributed by atoms with Gasteiger partial charge in [-0.3, -0.25) is 24.0 Å². The number of amides is 5. The summed E-state index contributed by atoms with van der Waals surface area (Å²) in [6.07, 6.45) is 1.43. The summed E-state index contributed by atoms with van der Waals surface area (Å²) < 4.78 is 0. The van der Waals surface area contributed by atoms with Crippen molar-refractivity contribution >= 4 is 35.5 Å². The van der Waals surface area contributed by atoms with Gasteiger partial charge in [0.05, 0.1) is 25.2 Å². The molecule has 0 aliphatic heterocycles. The summed E-state index contributed by atoms with van der Waals surface area (Å²) in [6, 6.07) is 3.00. The van der Waals surface area contributed by atoms with E-state index in [1.807, 2.05) is 0 Å². The van der Waals surface area contributed by atoms with Crippen LogP contribution in [0.15, 0.2) is 42.9 Å². The minimum absolute atomic E-state index is 0.0231. The molecule has 11 N–H and O–H groups in total. The normalized spacial score (nSPS) is 13.8. The number of nitrogens with one attached hydrogen (secondary N) is 4. The second-order valence-corrected chi connectivity index (χ2v) is 8.44. The Balaban J connectivity index is 2.21. The number of aromatic amines is 1. The molecule has 1 aromatic carbocycles. The number of aromatic nitrogens is 2. The highest BCUT2D eigenvalue weighted by molar-refractivity contribution is 5.97. The van der Waals surface area contributed by atoms with Gasteiger partial charge in [0.1, 0.15) is 18.1 Å². The van der Waals surface area contributed by atoms with Crippen molar-refractivity contribution < 1.29 is 33.9 Å². The molecular weight excluding hydrogens is 500 g/mol. The molecule has 5 amide bonds. The molecule has 38 heavy (non-hydrogen) atoms. The van der Waals surface area contributed by atoms with Gasteiger partial charge >= 0.3 is 5.97 Å². The number of carboxylic acids is 1. The molecule has 204 valence electrons. The van der Waals surface area contributed by atoms with E-state index in [-0.39, 0.29) is 12.8 Å². The molecule has 0 aliphatic carbocycles. The molecule has 0 aliphatic rings. The van der Waals surface area contributed by atoms with E-state index in [1.54, 1.807) is 30.3 Å². The third-order valence-electron chi connectivity index (χ3n) is 5.31. The Morgan fingerprint density at radius 2 is 1.39 bits per heavy atom. The van der Waals surface area contributed by atoms with Crippen LogP contribution in [-0.2, 0) is 41.6 Å². The van der Waals surface area contributed by atoms with E-state index in [1.165, 1.54) is 12.5 Å². The zero-order chi connectivity index (χ0) is 28.2. The Hall–Kier alpha value is -4.79. The lowest BCUT2D eigenvalue weighted by Gasteiger charge is -2.24. The van der Waals surface area contributed by atoms with Crippen molar-refractivity contribution in [1.29, 1.82) is 0 Å². The smallest absolute Gasteiger partial charge is 0.326 e. The standard InChI is InChI=1S/C23H30N8O7/c24-14(8-18(25)32)20(34)29-16(9-19(26)33)22(36)30-15(7-13-10-27-11-28-13)21(35)31-17(23(37)38)6-12-4-2-1-3-5-12/h1-5,10-11,14-17H,6-9,24H2,(H2,25,32)(H2,26,33)(H,27,28)(H,29,34)(H,30,36)(H,31,35)(H,37,38). The maximum atomic E-state index is 13.1. The lowest BCUT2D eigenvalue weighted by molar-refractivity contribution is -0.142. The first-order valence-electron chi connectivity index (χ1n) is 11.4. The van der Waals surface area contributed by atoms with Gasteiger partial charge in [0.15, 0.2) is 0 Å². The van der Waals surface area contributed by atoms with Crippen LogP contribution in [0.5, 0.6) is 0 Å². The third-order valence-corrected chi connectivity index (χ3v) is 5.31. The third kappa shape index (κ3) is 9.69. The molecule has 2 rings (SSSR count). The number of primary amides is 2. The monoisotopic (exact) mass is 530 g/mol. The Morgan fingerprint density at radius 3 is 1.95 bits per heavy atom. The number of carboxylic acid groups (broad SMARTS) is 1. The summed E-state index contributed by atoms with van der Waals surface area (Å²) in [5, 5.41) is 16.7. The molecule has 0 saturated heterocycles. The molecular formula is C23H30N8O7. The Kier molecular flexibility index (Phi) is 10.9. The maximum Gasteiger partial charge on any atom is 0.326 e. The van der Waals surface area contributed by atoms with E-state index in [0.29, 0.717) is 11.3 Å². The number of H-pyrrole nitrogens is 1. The minimum atomic E-state index is -1.55. The topological polar surface area (TPSA) is 265 Å². The van der Waals surface area contributed by atoms with Crippen LogP contribution in [0, 0.1) is 0 Å². The number of nitrogens with zero attached hydrogens (tertiary/aromatic N) is 1. The van der Waals surface area contributed by atoms with Gasteiger partial charge in [-0.15, -0.1) is 0 Å². The van der Waals surface area contributed by atoms with E-state index < -0.39 is 72.5 Å². The summed E-state index contributed by atoms with van der Waals surface area (Å²) in [7, 11) is 0. The van der Waals surface area contributed by atoms with Gasteiger partial charge in [-0.25, -0.2) is 9.78 Å². The highest BCUT2D eigenvalue weighted by Gasteiger charge is 2.31. The van der Waals surface area contributed by atoms with E-state index in [2.05, 4.69) is 25.9 Å². The van der Waals surface area contributed by atoms with Crippen LogP contribution in [0.1, 0.15) is 24.1 Å². The van der Waals surface area contributed by atoms with Crippen molar-refractivity contribution in [2.45, 2.75) is 49.9 Å². The van der Waals surface area contributed by atoms with E-state index in [0.717, 1.165) is 0 Å². The fraction of sp³-hybridized carbons (Fsp3) is 0.348. The Morgan fingerprint density at radius 1 is 0.816 bits per heavy atom. The highest BCUT2D eigenvalue weighted by Crippen LogP contribution is 2.06. The van der Waals surface area contributed by atoms with Crippen LogP contribution in [0.4, 0.5) is 0 Å². The van der Waals surface area contributed by atoms with Gasteiger partial charge in [-0.05, 0) is 5.56 Å². The first kappa shape index (κ1) is 29.4. The predicted molar refractivity (Wildman–Crippen MR) is 131 cm³/mol. The van der Waals surface area contributed by atoms with Crippen LogP contribution >= 0.6 is 0 Å². The summed E-state index contributed by atoms with van der Waals surface area (Å²) in [4.78, 5) is 79.5. The van der Waals surface area contributed by atoms with Crippen LogP contribution in [0.25, 0.3) is 0 Å². The molecule has 2 aromatic rings. The molecule has 0 bridgehead atoms. The van der Waals surface area contributed by atoms with Crippen molar-refractivity contribution in [1.82, 2.24) is 25.9 Å². The first-order chi connectivity index (χ1) is 18.0. The molecule has 0 saturated carbocycles. The van der Waals surface area contributed by atoms with E-state index in [4.69, 9.17) is 17.2 Å². The summed E-state index contributed by atoms with van der Waals surface area (Å²) in [5.74, 6) is -5.87. The molecule has 1 heterocycles. The van der Waals surface area contributed by atoms with E-state index >= 15 is 0 Å². The number of hydrogen-bond donors (Lipinski definition) is 8. The molecule has 0 spiro atoms. The number of nitrogens with two attached hydrogens (primary N) is 3. The molecule has 1 aromatic heterocycles. The Bertz CT molecular complexity index is 1140. The number of benzene rings is 1. The van der Waals surface area contributed by atoms with Crippen LogP contribution < -0.4 is 33.2 Å². The van der Waals surface area contributed by atoms with Crippen LogP contribution in [-0.4, -0.2) is 74.7 Å². The highest BCUT2D eigenvalue weighted by atomic mass is 16.4. The van der Waals surface area contributed by atoms with E-state index in [9.17, 15) is 33.9 Å². The number of carbonyl (C=O) groups excluding carboxylic acids is 5. The van der Waals surface area contributed by atoms with Crippen molar-refractivity contribution in [3.05, 3.63) is 54.1 Å². The minimum Gasteiger partial charge on any atom is -0.480 e. The zero-order valence-corrected chi connectivity index (χ0v) is 20.3. The summed E-state index contributed by atoms with van der Waals surface area (Å²) in [6.45, 7) is 0.